The van der Waals surface area contributed by atoms with Gasteiger partial charge in [0, 0.05) is 0 Å². The van der Waals surface area contributed by atoms with E-state index in [1.165, 1.54) is 11.3 Å². The molecule has 0 fully saturated rings. The lowest BCUT2D eigenvalue weighted by molar-refractivity contribution is -0.145. The molecule has 0 aliphatic heterocycles. The van der Waals surface area contributed by atoms with Crippen LogP contribution in [0.25, 0.3) is 10.2 Å². The lowest BCUT2D eigenvalue weighted by atomic mass is 9.80. The van der Waals surface area contributed by atoms with Crippen molar-refractivity contribution in [2.24, 2.45) is 5.41 Å². The molecular weight excluding hydrogens is 376 g/mol. The molecule has 3 aromatic rings. The molecule has 2 aromatic carbocycles. The van der Waals surface area contributed by atoms with Gasteiger partial charge in [-0.15, -0.1) is 11.3 Å². The molecule has 0 saturated carbocycles. The smallest absolute Gasteiger partial charge is 0.304 e. The summed E-state index contributed by atoms with van der Waals surface area (Å²) in [4.78, 5) is 29.1. The molecule has 28 heavy (non-hydrogen) atoms. The molecule has 0 spiro atoms. The van der Waals surface area contributed by atoms with Gasteiger partial charge in [0.25, 0.3) is 0 Å². The Labute approximate surface area is 166 Å². The van der Waals surface area contributed by atoms with Gasteiger partial charge in [-0.1, -0.05) is 24.3 Å². The van der Waals surface area contributed by atoms with Crippen LogP contribution in [0.1, 0.15) is 22.6 Å². The van der Waals surface area contributed by atoms with Crippen LogP contribution < -0.4 is 10.1 Å². The van der Waals surface area contributed by atoms with Crippen molar-refractivity contribution in [3.63, 3.8) is 0 Å². The van der Waals surface area contributed by atoms with Crippen LogP contribution in [0.2, 0.25) is 0 Å². The van der Waals surface area contributed by atoms with Crippen LogP contribution in [0.15, 0.2) is 42.5 Å². The van der Waals surface area contributed by atoms with E-state index in [0.717, 1.165) is 32.1 Å². The largest absolute Gasteiger partial charge is 0.497 e. The fourth-order valence-electron chi connectivity index (χ4n) is 3.85. The molecule has 0 bridgehead atoms. The Kier molecular flexibility index (Phi) is 4.77. The monoisotopic (exact) mass is 396 g/mol. The topological polar surface area (TPSA) is 88.5 Å². The summed E-state index contributed by atoms with van der Waals surface area (Å²) >= 11 is 1.49. The maximum absolute atomic E-state index is 13.0. The predicted molar refractivity (Wildman–Crippen MR) is 107 cm³/mol. The van der Waals surface area contributed by atoms with Crippen LogP contribution in [0.3, 0.4) is 0 Å². The number of fused-ring (bicyclic) bond motifs is 2. The van der Waals surface area contributed by atoms with Crippen molar-refractivity contribution in [2.45, 2.75) is 25.8 Å². The number of methoxy groups -OCH3 is 1. The first-order chi connectivity index (χ1) is 13.5. The molecule has 1 aliphatic carbocycles. The van der Waals surface area contributed by atoms with Gasteiger partial charge in [-0.3, -0.25) is 9.59 Å². The number of hydrogen-bond acceptors (Lipinski definition) is 5. The van der Waals surface area contributed by atoms with E-state index in [1.807, 2.05) is 42.5 Å². The highest BCUT2D eigenvalue weighted by molar-refractivity contribution is 7.18. The number of nitrogens with zero attached hydrogens (tertiary/aromatic N) is 1. The van der Waals surface area contributed by atoms with Gasteiger partial charge in [0.1, 0.15) is 10.8 Å². The van der Waals surface area contributed by atoms with E-state index in [9.17, 15) is 14.7 Å². The lowest BCUT2D eigenvalue weighted by Crippen LogP contribution is -2.43. The number of benzene rings is 2. The minimum absolute atomic E-state index is 0.190. The summed E-state index contributed by atoms with van der Waals surface area (Å²) in [6, 6.07) is 13.4. The van der Waals surface area contributed by atoms with Gasteiger partial charge in [-0.05, 0) is 42.2 Å². The highest BCUT2D eigenvalue weighted by Crippen LogP contribution is 2.40. The molecule has 1 amide bonds. The van der Waals surface area contributed by atoms with Crippen LogP contribution in [-0.4, -0.2) is 29.1 Å². The third kappa shape index (κ3) is 3.45. The minimum Gasteiger partial charge on any atom is -0.497 e. The van der Waals surface area contributed by atoms with Crippen LogP contribution in [0, 0.1) is 5.41 Å². The average Bonchev–Trinajstić information content (AvgIpc) is 3.25. The molecule has 7 heteroatoms. The molecule has 0 unspecified atom stereocenters. The molecule has 0 saturated heterocycles. The van der Waals surface area contributed by atoms with Crippen molar-refractivity contribution >= 4 is 33.4 Å². The van der Waals surface area contributed by atoms with E-state index in [4.69, 9.17) is 4.74 Å². The third-order valence-electron chi connectivity index (χ3n) is 5.19. The fourth-order valence-corrected chi connectivity index (χ4v) is 4.78. The predicted octanol–water partition coefficient (Wildman–Crippen LogP) is 3.18. The first-order valence-corrected chi connectivity index (χ1v) is 9.81. The van der Waals surface area contributed by atoms with Crippen molar-refractivity contribution in [3.8, 4) is 5.75 Å². The number of thiazole rings is 1. The molecule has 0 radical (unpaired) electrons. The number of carbonyl (C=O) groups is 2. The Hall–Kier alpha value is -2.93. The first-order valence-electron chi connectivity index (χ1n) is 8.99. The van der Waals surface area contributed by atoms with Crippen LogP contribution in [0.4, 0.5) is 0 Å². The second-order valence-corrected chi connectivity index (χ2v) is 8.21. The number of carboxylic acid groups (broad SMARTS) is 1. The summed E-state index contributed by atoms with van der Waals surface area (Å²) in [6.07, 6.45) is 0.696. The normalized spacial score (nSPS) is 14.6. The standard InChI is InChI=1S/C21H20N2O4S/c1-27-15-6-7-16-17(8-15)28-18(23-16)12-22-20(26)21(11-19(24)25)9-13-4-2-3-5-14(13)10-21/h2-8H,9-12H2,1H3,(H,22,26)(H,24,25). The number of aromatic nitrogens is 1. The zero-order chi connectivity index (χ0) is 19.7. The number of carbonyl (C=O) groups excluding carboxylic acids is 1. The van der Waals surface area contributed by atoms with Gasteiger partial charge in [0.15, 0.2) is 0 Å². The van der Waals surface area contributed by atoms with Gasteiger partial charge in [-0.2, -0.15) is 0 Å². The second kappa shape index (κ2) is 7.24. The van der Waals surface area contributed by atoms with Gasteiger partial charge < -0.3 is 15.2 Å². The Balaban J connectivity index is 1.52. The Morgan fingerprint density at radius 3 is 2.57 bits per heavy atom. The van der Waals surface area contributed by atoms with E-state index < -0.39 is 11.4 Å². The number of nitrogens with one attached hydrogen (secondary N) is 1. The number of rotatable bonds is 6. The third-order valence-corrected chi connectivity index (χ3v) is 6.21. The Morgan fingerprint density at radius 1 is 1.21 bits per heavy atom. The summed E-state index contributed by atoms with van der Waals surface area (Å²) in [5, 5.41) is 13.1. The number of aliphatic carboxylic acids is 1. The van der Waals surface area contributed by atoms with E-state index in [-0.39, 0.29) is 18.9 Å². The van der Waals surface area contributed by atoms with Crippen LogP contribution >= 0.6 is 11.3 Å². The maximum atomic E-state index is 13.0. The van der Waals surface area contributed by atoms with Gasteiger partial charge in [0.2, 0.25) is 5.91 Å². The van der Waals surface area contributed by atoms with Crippen molar-refractivity contribution in [1.82, 2.24) is 10.3 Å². The summed E-state index contributed by atoms with van der Waals surface area (Å²) < 4.78 is 6.22. The number of amides is 1. The number of hydrogen-bond donors (Lipinski definition) is 2. The van der Waals surface area contributed by atoms with E-state index >= 15 is 0 Å². The zero-order valence-corrected chi connectivity index (χ0v) is 16.2. The molecule has 0 atom stereocenters. The molecular formula is C21H20N2O4S. The highest BCUT2D eigenvalue weighted by atomic mass is 32.1. The quantitative estimate of drug-likeness (QED) is 0.668. The molecule has 1 heterocycles. The van der Waals surface area contributed by atoms with Gasteiger partial charge in [0.05, 0.1) is 35.7 Å². The molecule has 1 aromatic heterocycles. The fraction of sp³-hybridized carbons (Fsp3) is 0.286. The minimum atomic E-state index is -0.963. The second-order valence-electron chi connectivity index (χ2n) is 7.10. The van der Waals surface area contributed by atoms with Crippen LogP contribution in [-0.2, 0) is 29.0 Å². The molecule has 6 nitrogen and oxygen atoms in total. The van der Waals surface area contributed by atoms with E-state index in [0.29, 0.717) is 12.8 Å². The van der Waals surface area contributed by atoms with Gasteiger partial charge >= 0.3 is 5.97 Å². The first kappa shape index (κ1) is 18.4. The Bertz CT molecular complexity index is 1030. The summed E-state index contributed by atoms with van der Waals surface area (Å²) in [5.74, 6) is -0.436. The Morgan fingerprint density at radius 2 is 1.93 bits per heavy atom. The van der Waals surface area contributed by atoms with Crippen LogP contribution in [0.5, 0.6) is 5.75 Å². The highest BCUT2D eigenvalue weighted by Gasteiger charge is 2.45. The van der Waals surface area contributed by atoms with Crippen molar-refractivity contribution < 1.29 is 19.4 Å². The SMILES string of the molecule is COc1ccc2nc(CNC(=O)C3(CC(=O)O)Cc4ccccc4C3)sc2c1. The molecule has 2 N–H and O–H groups in total. The van der Waals surface area contributed by atoms with Crippen molar-refractivity contribution in [3.05, 3.63) is 58.6 Å². The van der Waals surface area contributed by atoms with Gasteiger partial charge in [-0.25, -0.2) is 4.98 Å². The summed E-state index contributed by atoms with van der Waals surface area (Å²) in [7, 11) is 1.62. The summed E-state index contributed by atoms with van der Waals surface area (Å²) in [5.41, 5.74) is 2.00. The average molecular weight is 396 g/mol. The number of carboxylic acids is 1. The lowest BCUT2D eigenvalue weighted by Gasteiger charge is -2.25. The van der Waals surface area contributed by atoms with E-state index in [2.05, 4.69) is 10.3 Å². The van der Waals surface area contributed by atoms with E-state index in [1.54, 1.807) is 7.11 Å². The van der Waals surface area contributed by atoms with Crippen molar-refractivity contribution in [2.75, 3.05) is 7.11 Å². The molecule has 144 valence electrons. The zero-order valence-electron chi connectivity index (χ0n) is 15.4. The summed E-state index contributed by atoms with van der Waals surface area (Å²) in [6.45, 7) is 0.276. The molecule has 4 rings (SSSR count). The molecule has 1 aliphatic rings. The number of ether oxygens (including phenoxy) is 1. The maximum Gasteiger partial charge on any atom is 0.304 e. The van der Waals surface area contributed by atoms with Crippen molar-refractivity contribution in [1.29, 1.82) is 0 Å².